The number of sulfonamides is 1. The van der Waals surface area contributed by atoms with E-state index in [0.29, 0.717) is 5.69 Å². The lowest BCUT2D eigenvalue weighted by molar-refractivity contribution is 0.0521. The van der Waals surface area contributed by atoms with Crippen molar-refractivity contribution < 1.29 is 27.5 Å². The van der Waals surface area contributed by atoms with Crippen LogP contribution in [-0.4, -0.2) is 53.9 Å². The summed E-state index contributed by atoms with van der Waals surface area (Å²) in [5.41, 5.74) is -0.00666. The Morgan fingerprint density at radius 2 is 2.00 bits per heavy atom. The third-order valence-electron chi connectivity index (χ3n) is 3.18. The maximum absolute atomic E-state index is 12.6. The number of methoxy groups -OCH3 is 1. The Hall–Kier alpha value is -2.93. The van der Waals surface area contributed by atoms with Crippen LogP contribution in [0.2, 0.25) is 5.15 Å². The van der Waals surface area contributed by atoms with Crippen molar-refractivity contribution in [1.29, 1.82) is 0 Å². The Morgan fingerprint density at radius 1 is 1.32 bits per heavy atom. The van der Waals surface area contributed by atoms with Gasteiger partial charge in [0.1, 0.15) is 5.56 Å². The Morgan fingerprint density at radius 3 is 2.61 bits per heavy atom. The maximum Gasteiger partial charge on any atom is 0.344 e. The number of ether oxygens (including phenoxy) is 2. The molecule has 0 spiro atoms. The minimum Gasteiger partial charge on any atom is -0.481 e. The summed E-state index contributed by atoms with van der Waals surface area (Å²) in [7, 11) is -1.92. The van der Waals surface area contributed by atoms with Gasteiger partial charge < -0.3 is 9.47 Å². The molecule has 0 aliphatic carbocycles. The average molecular weight is 433 g/mol. The number of anilines is 1. The van der Waals surface area contributed by atoms with Gasteiger partial charge >= 0.3 is 12.0 Å². The Labute approximate surface area is 165 Å². The van der Waals surface area contributed by atoms with Crippen LogP contribution >= 0.6 is 11.6 Å². The van der Waals surface area contributed by atoms with E-state index in [-0.39, 0.29) is 23.6 Å². The van der Waals surface area contributed by atoms with E-state index in [1.807, 2.05) is 0 Å². The highest BCUT2D eigenvalue weighted by Gasteiger charge is 2.33. The van der Waals surface area contributed by atoms with Gasteiger partial charge in [0.25, 0.3) is 10.0 Å². The highest BCUT2D eigenvalue weighted by molar-refractivity contribution is 7.90. The summed E-state index contributed by atoms with van der Waals surface area (Å²) in [6.07, 6.45) is 0. The van der Waals surface area contributed by atoms with E-state index in [9.17, 15) is 18.0 Å². The van der Waals surface area contributed by atoms with Gasteiger partial charge in [-0.05, 0) is 13.8 Å². The van der Waals surface area contributed by atoms with Crippen molar-refractivity contribution >= 4 is 39.6 Å². The van der Waals surface area contributed by atoms with Crippen molar-refractivity contribution in [3.05, 3.63) is 22.5 Å². The van der Waals surface area contributed by atoms with Crippen LogP contribution in [0, 0.1) is 6.92 Å². The summed E-state index contributed by atoms with van der Waals surface area (Å²) >= 11 is 5.84. The maximum atomic E-state index is 12.6. The fourth-order valence-corrected chi connectivity index (χ4v) is 3.72. The van der Waals surface area contributed by atoms with E-state index in [2.05, 4.69) is 20.4 Å². The second kappa shape index (κ2) is 8.39. The summed E-state index contributed by atoms with van der Waals surface area (Å²) in [6.45, 7) is 3.16. The summed E-state index contributed by atoms with van der Waals surface area (Å²) < 4.78 is 37.6. The first-order valence-electron chi connectivity index (χ1n) is 7.72. The monoisotopic (exact) mass is 432 g/mol. The molecule has 152 valence electrons. The fraction of sp³-hybridized carbons (Fsp3) is 0.357. The van der Waals surface area contributed by atoms with Crippen molar-refractivity contribution in [2.24, 2.45) is 7.05 Å². The van der Waals surface area contributed by atoms with Gasteiger partial charge in [-0.3, -0.25) is 10.00 Å². The molecule has 0 aromatic carbocycles. The molecule has 0 saturated carbocycles. The van der Waals surface area contributed by atoms with Gasteiger partial charge in [0.05, 0.1) is 13.7 Å². The van der Waals surface area contributed by atoms with Crippen molar-refractivity contribution in [2.45, 2.75) is 18.9 Å². The second-order valence-corrected chi connectivity index (χ2v) is 7.21. The molecule has 12 nitrogen and oxygen atoms in total. The van der Waals surface area contributed by atoms with Crippen molar-refractivity contribution in [3.8, 4) is 5.88 Å². The summed E-state index contributed by atoms with van der Waals surface area (Å²) in [6, 6.07) is 0.350. The number of carbonyl (C=O) groups excluding carboxylic acids is 2. The van der Waals surface area contributed by atoms with Crippen LogP contribution in [0.15, 0.2) is 11.1 Å². The molecule has 2 aromatic rings. The number of nitrogens with zero attached hydrogens (tertiary/aromatic N) is 4. The van der Waals surface area contributed by atoms with Crippen LogP contribution < -0.4 is 14.8 Å². The molecule has 2 N–H and O–H groups in total. The number of nitrogens with one attached hydrogen (secondary N) is 2. The Balaban J connectivity index is 2.30. The Kier molecular flexibility index (Phi) is 6.41. The molecular weight excluding hydrogens is 416 g/mol. The van der Waals surface area contributed by atoms with Crippen molar-refractivity contribution in [3.63, 3.8) is 0 Å². The number of aryl methyl sites for hydroxylation is 2. The molecule has 0 atom stereocenters. The van der Waals surface area contributed by atoms with Gasteiger partial charge in [-0.2, -0.15) is 18.5 Å². The third-order valence-corrected chi connectivity index (χ3v) is 4.87. The lowest BCUT2D eigenvalue weighted by Gasteiger charge is -2.10. The lowest BCUT2D eigenvalue weighted by atomic mass is 10.4. The zero-order valence-corrected chi connectivity index (χ0v) is 16.9. The highest BCUT2D eigenvalue weighted by Crippen LogP contribution is 2.24. The smallest absolute Gasteiger partial charge is 0.344 e. The van der Waals surface area contributed by atoms with Gasteiger partial charge in [0.15, 0.2) is 10.2 Å². The van der Waals surface area contributed by atoms with E-state index < -0.39 is 32.6 Å². The predicted octanol–water partition coefficient (Wildman–Crippen LogP) is 0.868. The van der Waals surface area contributed by atoms with Crippen molar-refractivity contribution in [2.75, 3.05) is 19.0 Å². The minimum atomic E-state index is -4.54. The number of esters is 1. The normalized spacial score (nSPS) is 11.0. The van der Waals surface area contributed by atoms with Crippen LogP contribution in [0.3, 0.4) is 0 Å². The molecule has 0 bridgehead atoms. The molecule has 2 aromatic heterocycles. The van der Waals surface area contributed by atoms with Crippen LogP contribution in [0.25, 0.3) is 0 Å². The number of aromatic nitrogens is 4. The van der Waals surface area contributed by atoms with E-state index in [1.54, 1.807) is 11.6 Å². The summed E-state index contributed by atoms with van der Waals surface area (Å²) in [5, 5.41) is 4.86. The van der Waals surface area contributed by atoms with E-state index in [1.165, 1.54) is 27.1 Å². The Bertz CT molecular complexity index is 1020. The zero-order valence-electron chi connectivity index (χ0n) is 15.3. The van der Waals surface area contributed by atoms with E-state index in [4.69, 9.17) is 21.1 Å². The van der Waals surface area contributed by atoms with Crippen LogP contribution in [-0.2, 0) is 21.8 Å². The van der Waals surface area contributed by atoms with Gasteiger partial charge in [-0.25, -0.2) is 19.3 Å². The van der Waals surface area contributed by atoms with E-state index in [0.717, 1.165) is 4.68 Å². The first kappa shape index (κ1) is 21.4. The highest BCUT2D eigenvalue weighted by atomic mass is 35.5. The third kappa shape index (κ3) is 4.67. The first-order chi connectivity index (χ1) is 13.1. The van der Waals surface area contributed by atoms with Gasteiger partial charge in [0, 0.05) is 18.8 Å². The molecule has 14 heteroatoms. The molecule has 28 heavy (non-hydrogen) atoms. The molecule has 2 heterocycles. The first-order valence-corrected chi connectivity index (χ1v) is 9.58. The number of hydrogen-bond donors (Lipinski definition) is 2. The number of urea groups is 1. The molecule has 0 aliphatic rings. The van der Waals surface area contributed by atoms with Gasteiger partial charge in [0.2, 0.25) is 11.8 Å². The molecule has 0 fully saturated rings. The minimum absolute atomic E-state index is 0.00993. The van der Waals surface area contributed by atoms with Gasteiger partial charge in [-0.1, -0.05) is 11.6 Å². The zero-order chi connectivity index (χ0) is 21.1. The largest absolute Gasteiger partial charge is 0.481 e. The fourth-order valence-electron chi connectivity index (χ4n) is 2.16. The molecule has 0 unspecified atom stereocenters. The molecule has 2 rings (SSSR count). The van der Waals surface area contributed by atoms with E-state index >= 15 is 0 Å². The molecule has 0 radical (unpaired) electrons. The molecule has 0 aliphatic heterocycles. The predicted molar refractivity (Wildman–Crippen MR) is 96.8 cm³/mol. The molecule has 0 saturated heterocycles. The summed E-state index contributed by atoms with van der Waals surface area (Å²) in [5.74, 6) is -1.000. The SMILES string of the molecule is CCOC(=O)c1c(Cl)nn(C)c1S(=O)(=O)NC(=O)Nc1nc(C)cc(OC)n1. The topological polar surface area (TPSA) is 154 Å². The lowest BCUT2D eigenvalue weighted by Crippen LogP contribution is -2.36. The van der Waals surface area contributed by atoms with Crippen LogP contribution in [0.5, 0.6) is 5.88 Å². The average Bonchev–Trinajstić information content (AvgIpc) is 2.88. The standard InChI is InChI=1S/C14H17ClN6O6S/c1-5-27-12(22)9-10(15)19-21(3)11(9)28(24,25)20-14(23)18-13-16-7(2)6-8(17-13)26-4/h6H,5H2,1-4H3,(H2,16,17,18,20,23). The van der Waals surface area contributed by atoms with Crippen LogP contribution in [0.4, 0.5) is 10.7 Å². The number of rotatable bonds is 6. The summed E-state index contributed by atoms with van der Waals surface area (Å²) in [4.78, 5) is 32.0. The number of hydrogen-bond acceptors (Lipinski definition) is 9. The molecule has 2 amide bonds. The van der Waals surface area contributed by atoms with Crippen LogP contribution in [0.1, 0.15) is 23.0 Å². The second-order valence-electron chi connectivity index (χ2n) is 5.25. The quantitative estimate of drug-likeness (QED) is 0.632. The number of carbonyl (C=O) groups is 2. The number of amides is 2. The van der Waals surface area contributed by atoms with Crippen molar-refractivity contribution in [1.82, 2.24) is 24.5 Å². The van der Waals surface area contributed by atoms with Gasteiger partial charge in [-0.15, -0.1) is 0 Å². The number of halogens is 1. The molecular formula is C14H17ClN6O6S.